The first-order chi connectivity index (χ1) is 8.41. The Hall–Kier alpha value is -1.55. The number of carbonyl (C=O) groups is 1. The normalized spacial score (nSPS) is 23.4. The van der Waals surface area contributed by atoms with Crippen molar-refractivity contribution in [3.8, 4) is 0 Å². The average Bonchev–Trinajstić information content (AvgIpc) is 2.63. The second-order valence-corrected chi connectivity index (χ2v) is 5.19. The maximum absolute atomic E-state index is 10.7. The number of aliphatic carboxylic acids is 1. The molecule has 0 bridgehead atoms. The molecule has 0 amide bonds. The van der Waals surface area contributed by atoms with Crippen LogP contribution in [-0.4, -0.2) is 34.9 Å². The standard InChI is InChI=1S/C14H19NO3/c1-10-4-3-5-12(11(10)2)15-7-6-14(18,9-15)8-13(16)17/h3-5,18H,6-9H2,1-2H3,(H,16,17). The van der Waals surface area contributed by atoms with E-state index in [1.165, 1.54) is 11.1 Å². The minimum atomic E-state index is -1.10. The van der Waals surface area contributed by atoms with Crippen LogP contribution in [0.3, 0.4) is 0 Å². The maximum Gasteiger partial charge on any atom is 0.306 e. The summed E-state index contributed by atoms with van der Waals surface area (Å²) in [5.74, 6) is -0.944. The number of carboxylic acid groups (broad SMARTS) is 1. The molecule has 1 atom stereocenters. The van der Waals surface area contributed by atoms with Gasteiger partial charge in [0, 0.05) is 18.8 Å². The van der Waals surface area contributed by atoms with E-state index in [1.54, 1.807) is 0 Å². The van der Waals surface area contributed by atoms with Gasteiger partial charge in [0.1, 0.15) is 0 Å². The van der Waals surface area contributed by atoms with Gasteiger partial charge in [0.2, 0.25) is 0 Å². The summed E-state index contributed by atoms with van der Waals surface area (Å²) < 4.78 is 0. The number of benzene rings is 1. The second kappa shape index (κ2) is 4.61. The minimum absolute atomic E-state index is 0.186. The van der Waals surface area contributed by atoms with E-state index in [1.807, 2.05) is 12.1 Å². The van der Waals surface area contributed by atoms with Crippen molar-refractivity contribution in [3.63, 3.8) is 0 Å². The summed E-state index contributed by atoms with van der Waals surface area (Å²) in [7, 11) is 0. The Kier molecular flexibility index (Phi) is 3.30. The Morgan fingerprint density at radius 1 is 1.44 bits per heavy atom. The van der Waals surface area contributed by atoms with E-state index in [4.69, 9.17) is 5.11 Å². The van der Waals surface area contributed by atoms with E-state index in [0.29, 0.717) is 19.5 Å². The smallest absolute Gasteiger partial charge is 0.306 e. The molecule has 0 spiro atoms. The van der Waals surface area contributed by atoms with Gasteiger partial charge in [-0.15, -0.1) is 0 Å². The fourth-order valence-corrected chi connectivity index (χ4v) is 2.57. The Bertz CT molecular complexity index is 472. The summed E-state index contributed by atoms with van der Waals surface area (Å²) >= 11 is 0. The summed E-state index contributed by atoms with van der Waals surface area (Å²) in [5.41, 5.74) is 2.40. The van der Waals surface area contributed by atoms with Crippen LogP contribution in [0.25, 0.3) is 0 Å². The molecule has 2 N–H and O–H groups in total. The third kappa shape index (κ3) is 2.48. The highest BCUT2D eigenvalue weighted by Crippen LogP contribution is 2.31. The lowest BCUT2D eigenvalue weighted by Crippen LogP contribution is -2.35. The van der Waals surface area contributed by atoms with Gasteiger partial charge in [-0.05, 0) is 37.5 Å². The third-order valence-corrected chi connectivity index (χ3v) is 3.73. The van der Waals surface area contributed by atoms with Crippen LogP contribution < -0.4 is 4.90 Å². The molecular weight excluding hydrogens is 230 g/mol. The Morgan fingerprint density at radius 3 is 2.83 bits per heavy atom. The van der Waals surface area contributed by atoms with Crippen molar-refractivity contribution < 1.29 is 15.0 Å². The Balaban J connectivity index is 2.18. The molecule has 1 aliphatic rings. The number of anilines is 1. The van der Waals surface area contributed by atoms with Crippen LogP contribution in [-0.2, 0) is 4.79 Å². The van der Waals surface area contributed by atoms with Crippen molar-refractivity contribution in [1.29, 1.82) is 0 Å². The van der Waals surface area contributed by atoms with E-state index < -0.39 is 11.6 Å². The predicted molar refractivity (Wildman–Crippen MR) is 69.9 cm³/mol. The van der Waals surface area contributed by atoms with Crippen LogP contribution in [0.15, 0.2) is 18.2 Å². The first-order valence-corrected chi connectivity index (χ1v) is 6.17. The van der Waals surface area contributed by atoms with E-state index in [-0.39, 0.29) is 6.42 Å². The van der Waals surface area contributed by atoms with Gasteiger partial charge in [-0.25, -0.2) is 0 Å². The van der Waals surface area contributed by atoms with Gasteiger partial charge in [-0.3, -0.25) is 4.79 Å². The van der Waals surface area contributed by atoms with Crippen LogP contribution in [0.1, 0.15) is 24.0 Å². The molecule has 0 saturated carbocycles. The van der Waals surface area contributed by atoms with Gasteiger partial charge >= 0.3 is 5.97 Å². The van der Waals surface area contributed by atoms with Gasteiger partial charge in [-0.2, -0.15) is 0 Å². The molecule has 1 fully saturated rings. The molecule has 1 aliphatic heterocycles. The summed E-state index contributed by atoms with van der Waals surface area (Å²) in [5, 5.41) is 19.0. The van der Waals surface area contributed by atoms with Gasteiger partial charge in [-0.1, -0.05) is 12.1 Å². The molecular formula is C14H19NO3. The fraction of sp³-hybridized carbons (Fsp3) is 0.500. The van der Waals surface area contributed by atoms with Crippen LogP contribution in [0, 0.1) is 13.8 Å². The largest absolute Gasteiger partial charge is 0.481 e. The number of rotatable bonds is 3. The molecule has 1 saturated heterocycles. The molecule has 0 aliphatic carbocycles. The van der Waals surface area contributed by atoms with E-state index in [2.05, 4.69) is 24.8 Å². The van der Waals surface area contributed by atoms with Crippen molar-refractivity contribution in [2.75, 3.05) is 18.0 Å². The highest BCUT2D eigenvalue weighted by atomic mass is 16.4. The highest BCUT2D eigenvalue weighted by Gasteiger charge is 2.38. The summed E-state index contributed by atoms with van der Waals surface area (Å²) in [6, 6.07) is 6.07. The number of aliphatic hydroxyl groups is 1. The molecule has 18 heavy (non-hydrogen) atoms. The second-order valence-electron chi connectivity index (χ2n) is 5.19. The quantitative estimate of drug-likeness (QED) is 0.856. The SMILES string of the molecule is Cc1cccc(N2CCC(O)(CC(=O)O)C2)c1C. The lowest BCUT2D eigenvalue weighted by Gasteiger charge is -2.24. The third-order valence-electron chi connectivity index (χ3n) is 3.73. The number of hydrogen-bond donors (Lipinski definition) is 2. The molecule has 98 valence electrons. The predicted octanol–water partition coefficient (Wildman–Crippen LogP) is 1.72. The number of carboxylic acids is 1. The van der Waals surface area contributed by atoms with Gasteiger partial charge in [0.15, 0.2) is 0 Å². The maximum atomic E-state index is 10.7. The van der Waals surface area contributed by atoms with E-state index in [0.717, 1.165) is 5.69 Å². The van der Waals surface area contributed by atoms with Crippen molar-refractivity contribution >= 4 is 11.7 Å². The molecule has 2 rings (SSSR count). The lowest BCUT2D eigenvalue weighted by atomic mass is 9.99. The molecule has 0 radical (unpaired) electrons. The monoisotopic (exact) mass is 249 g/mol. The fourth-order valence-electron chi connectivity index (χ4n) is 2.57. The molecule has 1 aromatic carbocycles. The topological polar surface area (TPSA) is 60.8 Å². The first kappa shape index (κ1) is 12.9. The zero-order valence-corrected chi connectivity index (χ0v) is 10.8. The highest BCUT2D eigenvalue weighted by molar-refractivity contribution is 5.69. The number of aryl methyl sites for hydroxylation is 1. The molecule has 1 aromatic rings. The molecule has 1 unspecified atom stereocenters. The van der Waals surface area contributed by atoms with Crippen LogP contribution in [0.2, 0.25) is 0 Å². The minimum Gasteiger partial charge on any atom is -0.481 e. The molecule has 4 nitrogen and oxygen atoms in total. The Labute approximate surface area is 107 Å². The molecule has 1 heterocycles. The van der Waals surface area contributed by atoms with Crippen molar-refractivity contribution in [2.24, 2.45) is 0 Å². The molecule has 0 aromatic heterocycles. The van der Waals surface area contributed by atoms with Crippen molar-refractivity contribution in [2.45, 2.75) is 32.3 Å². The van der Waals surface area contributed by atoms with Gasteiger partial charge in [0.25, 0.3) is 0 Å². The number of nitrogens with zero attached hydrogens (tertiary/aromatic N) is 1. The van der Waals surface area contributed by atoms with Gasteiger partial charge in [0.05, 0.1) is 12.0 Å². The van der Waals surface area contributed by atoms with E-state index >= 15 is 0 Å². The van der Waals surface area contributed by atoms with Crippen molar-refractivity contribution in [3.05, 3.63) is 29.3 Å². The Morgan fingerprint density at radius 2 is 2.17 bits per heavy atom. The summed E-state index contributed by atoms with van der Waals surface area (Å²) in [6.45, 7) is 5.20. The van der Waals surface area contributed by atoms with Crippen LogP contribution in [0.5, 0.6) is 0 Å². The number of β-amino-alcohol motifs (C(OH)–C–C–N with tert-alkyl or cyclic N) is 1. The average molecular weight is 249 g/mol. The van der Waals surface area contributed by atoms with Crippen LogP contribution in [0.4, 0.5) is 5.69 Å². The van der Waals surface area contributed by atoms with E-state index in [9.17, 15) is 9.90 Å². The zero-order chi connectivity index (χ0) is 13.3. The lowest BCUT2D eigenvalue weighted by molar-refractivity contribution is -0.141. The zero-order valence-electron chi connectivity index (χ0n) is 10.8. The van der Waals surface area contributed by atoms with Gasteiger partial charge < -0.3 is 15.1 Å². The molecule has 4 heteroatoms. The summed E-state index contributed by atoms with van der Waals surface area (Å²) in [6.07, 6.45) is 0.320. The summed E-state index contributed by atoms with van der Waals surface area (Å²) in [4.78, 5) is 12.8. The van der Waals surface area contributed by atoms with Crippen LogP contribution >= 0.6 is 0 Å². The van der Waals surface area contributed by atoms with Crippen molar-refractivity contribution in [1.82, 2.24) is 0 Å². The first-order valence-electron chi connectivity index (χ1n) is 6.17. The number of hydrogen-bond acceptors (Lipinski definition) is 3.